The van der Waals surface area contributed by atoms with Gasteiger partial charge in [0, 0.05) is 6.04 Å². The van der Waals surface area contributed by atoms with Crippen molar-refractivity contribution in [1.29, 1.82) is 0 Å². The SMILES string of the molecule is Cc1ccc(C2=C(O)C(=O)N(C(C)C)C2=O)cc1. The summed E-state index contributed by atoms with van der Waals surface area (Å²) < 4.78 is 0. The maximum Gasteiger partial charge on any atom is 0.296 e. The van der Waals surface area contributed by atoms with Crippen LogP contribution in [-0.2, 0) is 9.59 Å². The van der Waals surface area contributed by atoms with Crippen LogP contribution in [0.1, 0.15) is 25.0 Å². The summed E-state index contributed by atoms with van der Waals surface area (Å²) >= 11 is 0. The average molecular weight is 245 g/mol. The summed E-state index contributed by atoms with van der Waals surface area (Å²) in [6, 6.07) is 6.87. The number of benzene rings is 1. The highest BCUT2D eigenvalue weighted by Crippen LogP contribution is 2.29. The molecule has 0 radical (unpaired) electrons. The predicted octanol–water partition coefficient (Wildman–Crippen LogP) is 2.04. The molecule has 1 N–H and O–H groups in total. The van der Waals surface area contributed by atoms with E-state index in [2.05, 4.69) is 0 Å². The molecule has 4 nitrogen and oxygen atoms in total. The summed E-state index contributed by atoms with van der Waals surface area (Å²) in [5.41, 5.74) is 1.71. The maximum absolute atomic E-state index is 12.1. The lowest BCUT2D eigenvalue weighted by Gasteiger charge is -2.18. The first-order valence-electron chi connectivity index (χ1n) is 5.81. The number of rotatable bonds is 2. The minimum Gasteiger partial charge on any atom is -0.502 e. The molecule has 2 amide bonds. The van der Waals surface area contributed by atoms with Gasteiger partial charge in [0.2, 0.25) is 0 Å². The number of imide groups is 1. The molecule has 4 heteroatoms. The molecule has 0 saturated heterocycles. The van der Waals surface area contributed by atoms with Crippen molar-refractivity contribution < 1.29 is 14.7 Å². The van der Waals surface area contributed by atoms with Gasteiger partial charge in [-0.3, -0.25) is 14.5 Å². The molecule has 0 fully saturated rings. The van der Waals surface area contributed by atoms with E-state index in [1.54, 1.807) is 26.0 Å². The van der Waals surface area contributed by atoms with E-state index in [1.165, 1.54) is 0 Å². The molecular weight excluding hydrogens is 230 g/mol. The zero-order chi connectivity index (χ0) is 13.4. The lowest BCUT2D eigenvalue weighted by Crippen LogP contribution is -2.37. The number of carbonyl (C=O) groups is 2. The molecule has 1 aliphatic heterocycles. The van der Waals surface area contributed by atoms with Crippen molar-refractivity contribution in [2.75, 3.05) is 0 Å². The topological polar surface area (TPSA) is 57.6 Å². The van der Waals surface area contributed by atoms with E-state index in [1.807, 2.05) is 19.1 Å². The number of carbonyl (C=O) groups excluding carboxylic acids is 2. The zero-order valence-electron chi connectivity index (χ0n) is 10.6. The Kier molecular flexibility index (Phi) is 2.95. The van der Waals surface area contributed by atoms with Crippen LogP contribution < -0.4 is 0 Å². The molecule has 1 aromatic carbocycles. The molecule has 0 saturated carbocycles. The molecular formula is C14H15NO3. The summed E-state index contributed by atoms with van der Waals surface area (Å²) in [5.74, 6) is -1.51. The molecule has 1 heterocycles. The first-order chi connectivity index (χ1) is 8.43. The van der Waals surface area contributed by atoms with Crippen LogP contribution in [0.25, 0.3) is 5.57 Å². The number of hydrogen-bond acceptors (Lipinski definition) is 3. The zero-order valence-corrected chi connectivity index (χ0v) is 10.6. The van der Waals surface area contributed by atoms with Crippen LogP contribution in [0.15, 0.2) is 30.0 Å². The standard InChI is InChI=1S/C14H15NO3/c1-8(2)15-13(17)11(12(16)14(15)18)10-6-4-9(3)5-7-10/h4-8,16H,1-3H3. The minimum atomic E-state index is -0.620. The first-order valence-corrected chi connectivity index (χ1v) is 5.81. The largest absolute Gasteiger partial charge is 0.502 e. The van der Waals surface area contributed by atoms with Crippen LogP contribution in [0.3, 0.4) is 0 Å². The molecule has 1 aromatic rings. The lowest BCUT2D eigenvalue weighted by molar-refractivity contribution is -0.139. The van der Waals surface area contributed by atoms with Crippen LogP contribution in [0, 0.1) is 6.92 Å². The second-order valence-electron chi connectivity index (χ2n) is 4.66. The molecule has 18 heavy (non-hydrogen) atoms. The Morgan fingerprint density at radius 1 is 1.06 bits per heavy atom. The number of nitrogens with zero attached hydrogens (tertiary/aromatic N) is 1. The first kappa shape index (κ1) is 12.4. The van der Waals surface area contributed by atoms with E-state index in [-0.39, 0.29) is 11.6 Å². The Morgan fingerprint density at radius 2 is 1.61 bits per heavy atom. The summed E-state index contributed by atoms with van der Waals surface area (Å²) in [6.07, 6.45) is 0. The third-order valence-electron chi connectivity index (χ3n) is 2.95. The van der Waals surface area contributed by atoms with Crippen molar-refractivity contribution in [2.45, 2.75) is 26.8 Å². The van der Waals surface area contributed by atoms with E-state index in [4.69, 9.17) is 0 Å². The Hall–Kier alpha value is -2.10. The fourth-order valence-corrected chi connectivity index (χ4v) is 1.98. The normalized spacial score (nSPS) is 16.1. The van der Waals surface area contributed by atoms with E-state index in [9.17, 15) is 14.7 Å². The summed E-state index contributed by atoms with van der Waals surface area (Å²) in [5, 5.41) is 9.84. The quantitative estimate of drug-likeness (QED) is 0.811. The summed E-state index contributed by atoms with van der Waals surface area (Å²) in [7, 11) is 0. The van der Waals surface area contributed by atoms with Crippen LogP contribution >= 0.6 is 0 Å². The van der Waals surface area contributed by atoms with Crippen LogP contribution in [0.2, 0.25) is 0 Å². The average Bonchev–Trinajstić information content (AvgIpc) is 2.52. The van der Waals surface area contributed by atoms with Crippen molar-refractivity contribution in [2.24, 2.45) is 0 Å². The molecule has 0 spiro atoms. The van der Waals surface area contributed by atoms with Gasteiger partial charge in [0.25, 0.3) is 11.8 Å². The van der Waals surface area contributed by atoms with Crippen molar-refractivity contribution in [3.05, 3.63) is 41.2 Å². The number of hydrogen-bond donors (Lipinski definition) is 1. The van der Waals surface area contributed by atoms with Crippen molar-refractivity contribution in [3.8, 4) is 0 Å². The fraction of sp³-hybridized carbons (Fsp3) is 0.286. The molecule has 0 aromatic heterocycles. The molecule has 94 valence electrons. The highest BCUT2D eigenvalue weighted by molar-refractivity contribution is 6.35. The summed E-state index contributed by atoms with van der Waals surface area (Å²) in [4.78, 5) is 25.0. The number of aliphatic hydroxyl groups is 1. The Labute approximate surface area is 106 Å². The summed E-state index contributed by atoms with van der Waals surface area (Å²) in [6.45, 7) is 5.41. The van der Waals surface area contributed by atoms with Gasteiger partial charge in [0.15, 0.2) is 5.76 Å². The van der Waals surface area contributed by atoms with E-state index in [0.717, 1.165) is 10.5 Å². The smallest absolute Gasteiger partial charge is 0.296 e. The monoisotopic (exact) mass is 245 g/mol. The highest BCUT2D eigenvalue weighted by Gasteiger charge is 2.40. The molecule has 0 unspecified atom stereocenters. The molecule has 0 atom stereocenters. The second kappa shape index (κ2) is 4.29. The number of aryl methyl sites for hydroxylation is 1. The maximum atomic E-state index is 12.1. The Bertz CT molecular complexity index is 541. The third kappa shape index (κ3) is 1.79. The number of amides is 2. The van der Waals surface area contributed by atoms with Gasteiger partial charge in [-0.05, 0) is 26.3 Å². The molecule has 2 rings (SSSR count). The number of aliphatic hydroxyl groups excluding tert-OH is 1. The van der Waals surface area contributed by atoms with Gasteiger partial charge in [0.1, 0.15) is 0 Å². The van der Waals surface area contributed by atoms with Gasteiger partial charge >= 0.3 is 0 Å². The van der Waals surface area contributed by atoms with Crippen molar-refractivity contribution >= 4 is 17.4 Å². The van der Waals surface area contributed by atoms with Crippen molar-refractivity contribution in [1.82, 2.24) is 4.90 Å². The minimum absolute atomic E-state index is 0.0914. The fourth-order valence-electron chi connectivity index (χ4n) is 1.98. The van der Waals surface area contributed by atoms with Crippen LogP contribution in [0.4, 0.5) is 0 Å². The van der Waals surface area contributed by atoms with Gasteiger partial charge in [-0.25, -0.2) is 0 Å². The highest BCUT2D eigenvalue weighted by atomic mass is 16.3. The Balaban J connectivity index is 2.48. The van der Waals surface area contributed by atoms with Gasteiger partial charge in [-0.2, -0.15) is 0 Å². The lowest BCUT2D eigenvalue weighted by atomic mass is 10.0. The third-order valence-corrected chi connectivity index (χ3v) is 2.95. The van der Waals surface area contributed by atoms with Gasteiger partial charge in [-0.1, -0.05) is 29.8 Å². The molecule has 0 aliphatic carbocycles. The van der Waals surface area contributed by atoms with E-state index < -0.39 is 17.6 Å². The van der Waals surface area contributed by atoms with E-state index >= 15 is 0 Å². The van der Waals surface area contributed by atoms with Crippen LogP contribution in [-0.4, -0.2) is 27.9 Å². The predicted molar refractivity (Wildman–Crippen MR) is 67.7 cm³/mol. The second-order valence-corrected chi connectivity index (χ2v) is 4.66. The van der Waals surface area contributed by atoms with Crippen LogP contribution in [0.5, 0.6) is 0 Å². The van der Waals surface area contributed by atoms with Gasteiger partial charge < -0.3 is 5.11 Å². The van der Waals surface area contributed by atoms with Gasteiger partial charge in [-0.15, -0.1) is 0 Å². The van der Waals surface area contributed by atoms with Gasteiger partial charge in [0.05, 0.1) is 5.57 Å². The van der Waals surface area contributed by atoms with Crippen molar-refractivity contribution in [3.63, 3.8) is 0 Å². The molecule has 1 aliphatic rings. The molecule has 0 bridgehead atoms. The van der Waals surface area contributed by atoms with E-state index in [0.29, 0.717) is 5.56 Å². The Morgan fingerprint density at radius 3 is 2.06 bits per heavy atom.